The number of nitrogens with one attached hydrogen (secondary N) is 1. The molecule has 1 aliphatic heterocycles. The largest absolute Gasteiger partial charge is 0.361 e. The molecule has 0 aromatic carbocycles. The van der Waals surface area contributed by atoms with Gasteiger partial charge in [0.1, 0.15) is 10.8 Å². The van der Waals surface area contributed by atoms with E-state index in [4.69, 9.17) is 4.52 Å². The van der Waals surface area contributed by atoms with Gasteiger partial charge >= 0.3 is 0 Å². The first-order valence-electron chi connectivity index (χ1n) is 10.1. The summed E-state index contributed by atoms with van der Waals surface area (Å²) < 4.78 is 5.23. The van der Waals surface area contributed by atoms with Crippen molar-refractivity contribution in [2.75, 3.05) is 19.6 Å². The molecule has 3 rings (SSSR count). The van der Waals surface area contributed by atoms with Gasteiger partial charge in [-0.1, -0.05) is 16.8 Å². The molecule has 1 saturated heterocycles. The summed E-state index contributed by atoms with van der Waals surface area (Å²) >= 11 is 1.55. The Morgan fingerprint density at radius 3 is 2.76 bits per heavy atom. The molecule has 0 saturated carbocycles. The first-order chi connectivity index (χ1) is 13.9. The number of nitrogens with zero attached hydrogens (tertiary/aromatic N) is 3. The third kappa shape index (κ3) is 5.93. The first-order valence-corrected chi connectivity index (χ1v) is 11.1. The summed E-state index contributed by atoms with van der Waals surface area (Å²) in [7, 11) is 0. The molecule has 0 radical (unpaired) electrons. The number of hydrogen-bond acceptors (Lipinski definition) is 6. The fourth-order valence-electron chi connectivity index (χ4n) is 3.36. The van der Waals surface area contributed by atoms with Gasteiger partial charge in [0.2, 0.25) is 0 Å². The van der Waals surface area contributed by atoms with Gasteiger partial charge in [-0.3, -0.25) is 9.69 Å². The minimum atomic E-state index is -0.0397. The van der Waals surface area contributed by atoms with E-state index in [1.165, 1.54) is 5.57 Å². The van der Waals surface area contributed by atoms with Crippen LogP contribution in [-0.4, -0.2) is 46.6 Å². The summed E-state index contributed by atoms with van der Waals surface area (Å²) in [6, 6.07) is 3.88. The molecule has 6 nitrogen and oxygen atoms in total. The number of rotatable bonds is 7. The molecule has 156 valence electrons. The Kier molecular flexibility index (Phi) is 7.50. The van der Waals surface area contributed by atoms with Crippen LogP contribution in [0, 0.1) is 13.8 Å². The van der Waals surface area contributed by atoms with Crippen molar-refractivity contribution in [1.29, 1.82) is 0 Å². The molecule has 0 spiro atoms. The first kappa shape index (κ1) is 21.6. The lowest BCUT2D eigenvalue weighted by Gasteiger charge is -2.31. The van der Waals surface area contributed by atoms with E-state index < -0.39 is 0 Å². The van der Waals surface area contributed by atoms with E-state index in [1.54, 1.807) is 18.0 Å². The highest BCUT2D eigenvalue weighted by atomic mass is 32.2. The highest BCUT2D eigenvalue weighted by Crippen LogP contribution is 2.27. The van der Waals surface area contributed by atoms with E-state index in [-0.39, 0.29) is 11.9 Å². The van der Waals surface area contributed by atoms with Crippen LogP contribution in [0.4, 0.5) is 0 Å². The summed E-state index contributed by atoms with van der Waals surface area (Å²) in [5.41, 5.74) is 3.93. The van der Waals surface area contributed by atoms with Crippen molar-refractivity contribution in [2.24, 2.45) is 0 Å². The summed E-state index contributed by atoms with van der Waals surface area (Å²) in [6.07, 6.45) is 5.94. The van der Waals surface area contributed by atoms with Crippen LogP contribution in [0.1, 0.15) is 54.1 Å². The predicted molar refractivity (Wildman–Crippen MR) is 116 cm³/mol. The average molecular weight is 415 g/mol. The summed E-state index contributed by atoms with van der Waals surface area (Å²) in [6.45, 7) is 11.1. The minimum Gasteiger partial charge on any atom is -0.361 e. The van der Waals surface area contributed by atoms with Gasteiger partial charge in [0.05, 0.1) is 11.3 Å². The number of thioether (sulfide) groups is 1. The van der Waals surface area contributed by atoms with Crippen molar-refractivity contribution in [3.05, 3.63) is 52.6 Å². The fourth-order valence-corrected chi connectivity index (χ4v) is 4.51. The molecule has 29 heavy (non-hydrogen) atoms. The highest BCUT2D eigenvalue weighted by molar-refractivity contribution is 7.98. The number of pyridine rings is 1. The molecule has 0 unspecified atom stereocenters. The van der Waals surface area contributed by atoms with Crippen molar-refractivity contribution in [3.8, 4) is 0 Å². The van der Waals surface area contributed by atoms with Crippen molar-refractivity contribution in [2.45, 2.75) is 57.4 Å². The second-order valence-electron chi connectivity index (χ2n) is 7.78. The molecule has 1 aliphatic rings. The van der Waals surface area contributed by atoms with Gasteiger partial charge in [-0.05, 0) is 52.7 Å². The van der Waals surface area contributed by atoms with Crippen molar-refractivity contribution >= 4 is 17.7 Å². The summed E-state index contributed by atoms with van der Waals surface area (Å²) in [5.74, 6) is 1.46. The van der Waals surface area contributed by atoms with E-state index in [2.05, 4.69) is 40.3 Å². The Morgan fingerprint density at radius 1 is 1.34 bits per heavy atom. The molecule has 0 aliphatic carbocycles. The lowest BCUT2D eigenvalue weighted by atomic mass is 10.0. The van der Waals surface area contributed by atoms with Gasteiger partial charge in [-0.25, -0.2) is 4.98 Å². The molecule has 0 atom stereocenters. The maximum atomic E-state index is 12.9. The maximum Gasteiger partial charge on any atom is 0.254 e. The Balaban J connectivity index is 1.57. The number of carbonyl (C=O) groups is 1. The van der Waals surface area contributed by atoms with E-state index >= 15 is 0 Å². The number of allylic oxidation sites excluding steroid dienone is 1. The molecular weight excluding hydrogens is 384 g/mol. The zero-order valence-electron chi connectivity index (χ0n) is 17.7. The number of likely N-dealkylation sites (tertiary alicyclic amines) is 1. The highest BCUT2D eigenvalue weighted by Gasteiger charge is 2.22. The van der Waals surface area contributed by atoms with Crippen molar-refractivity contribution < 1.29 is 9.32 Å². The Labute approximate surface area is 177 Å². The van der Waals surface area contributed by atoms with Gasteiger partial charge in [-0.15, -0.1) is 11.8 Å². The topological polar surface area (TPSA) is 71.3 Å². The molecule has 1 fully saturated rings. The molecule has 7 heteroatoms. The minimum absolute atomic E-state index is 0.0397. The second-order valence-corrected chi connectivity index (χ2v) is 8.74. The quantitative estimate of drug-likeness (QED) is 0.542. The molecule has 1 amide bonds. The van der Waals surface area contributed by atoms with Crippen LogP contribution < -0.4 is 5.32 Å². The lowest BCUT2D eigenvalue weighted by molar-refractivity contribution is 0.0910. The van der Waals surface area contributed by atoms with Crippen LogP contribution in [0.3, 0.4) is 0 Å². The zero-order chi connectivity index (χ0) is 20.8. The second kappa shape index (κ2) is 10.1. The number of carbonyl (C=O) groups excluding carboxylic acids is 1. The van der Waals surface area contributed by atoms with Gasteiger partial charge in [0.25, 0.3) is 5.91 Å². The molecule has 2 aromatic rings. The fraction of sp³-hybridized carbons (Fsp3) is 0.500. The van der Waals surface area contributed by atoms with Crippen LogP contribution in [0.5, 0.6) is 0 Å². The van der Waals surface area contributed by atoms with E-state index in [0.29, 0.717) is 11.3 Å². The Morgan fingerprint density at radius 2 is 2.10 bits per heavy atom. The van der Waals surface area contributed by atoms with Crippen LogP contribution in [-0.2, 0) is 5.75 Å². The summed E-state index contributed by atoms with van der Waals surface area (Å²) in [5, 5.41) is 7.95. The molecule has 0 bridgehead atoms. The normalized spacial score (nSPS) is 15.3. The molecule has 3 heterocycles. The van der Waals surface area contributed by atoms with Crippen LogP contribution >= 0.6 is 11.8 Å². The van der Waals surface area contributed by atoms with Crippen LogP contribution in [0.25, 0.3) is 0 Å². The average Bonchev–Trinajstić information content (AvgIpc) is 3.03. The number of aromatic nitrogens is 2. The smallest absolute Gasteiger partial charge is 0.254 e. The Hall–Kier alpha value is -2.12. The van der Waals surface area contributed by atoms with Gasteiger partial charge in [-0.2, -0.15) is 0 Å². The number of amides is 1. The number of piperidine rings is 1. The maximum absolute atomic E-state index is 12.9. The number of hydrogen-bond donors (Lipinski definition) is 1. The van der Waals surface area contributed by atoms with E-state index in [0.717, 1.165) is 54.5 Å². The van der Waals surface area contributed by atoms with Gasteiger partial charge in [0, 0.05) is 43.2 Å². The van der Waals surface area contributed by atoms with Crippen LogP contribution in [0.15, 0.2) is 39.5 Å². The van der Waals surface area contributed by atoms with Crippen molar-refractivity contribution in [3.63, 3.8) is 0 Å². The van der Waals surface area contributed by atoms with E-state index in [1.807, 2.05) is 26.0 Å². The summed E-state index contributed by atoms with van der Waals surface area (Å²) in [4.78, 5) is 19.8. The molecule has 1 N–H and O–H groups in total. The molecular formula is C22H30N4O2S. The molecule has 2 aromatic heterocycles. The number of aryl methyl sites for hydroxylation is 2. The lowest BCUT2D eigenvalue weighted by Crippen LogP contribution is -2.44. The van der Waals surface area contributed by atoms with Gasteiger partial charge in [0.15, 0.2) is 0 Å². The monoisotopic (exact) mass is 414 g/mol. The third-order valence-corrected chi connectivity index (χ3v) is 6.26. The van der Waals surface area contributed by atoms with Crippen LogP contribution in [0.2, 0.25) is 0 Å². The van der Waals surface area contributed by atoms with E-state index in [9.17, 15) is 4.79 Å². The standard InChI is InChI=1S/C22H30N4O2S/c1-15(2)7-11-26-12-8-18(9-13-26)24-21(27)19-6-5-10-23-22(19)29-14-20-16(3)25-28-17(20)4/h5-7,10,18H,8-9,11-14H2,1-4H3,(H,24,27). The third-order valence-electron chi connectivity index (χ3n) is 5.23. The van der Waals surface area contributed by atoms with Crippen molar-refractivity contribution in [1.82, 2.24) is 20.4 Å². The Bertz CT molecular complexity index is 846. The SMILES string of the molecule is CC(C)=CCN1CCC(NC(=O)c2cccnc2SCc2c(C)noc2C)CC1. The predicted octanol–water partition coefficient (Wildman–Crippen LogP) is 4.14. The van der Waals surface area contributed by atoms with Gasteiger partial charge < -0.3 is 9.84 Å². The zero-order valence-corrected chi connectivity index (χ0v) is 18.5.